The van der Waals surface area contributed by atoms with Crippen molar-refractivity contribution < 1.29 is 4.79 Å². The fraction of sp³-hybridized carbons (Fsp3) is 0.444. The van der Waals surface area contributed by atoms with Crippen LogP contribution < -0.4 is 20.0 Å². The van der Waals surface area contributed by atoms with Gasteiger partial charge in [-0.15, -0.1) is 0 Å². The van der Waals surface area contributed by atoms with Crippen molar-refractivity contribution in [2.45, 2.75) is 67.1 Å². The van der Waals surface area contributed by atoms with Gasteiger partial charge in [0.15, 0.2) is 5.17 Å². The number of carbonyl (C=O) groups excluding carboxylic acids is 1. The van der Waals surface area contributed by atoms with Crippen molar-refractivity contribution in [2.75, 3.05) is 54.0 Å². The molecule has 0 atom stereocenters. The van der Waals surface area contributed by atoms with Crippen LogP contribution in [0.4, 0.5) is 22.7 Å². The number of benzene rings is 3. The number of thioether (sulfide) groups is 1. The molecule has 0 spiro atoms. The average Bonchev–Trinajstić information content (AvgIpc) is 2.98. The molecule has 0 unspecified atom stereocenters. The van der Waals surface area contributed by atoms with E-state index in [1.54, 1.807) is 18.7 Å². The van der Waals surface area contributed by atoms with Crippen molar-refractivity contribution in [3.63, 3.8) is 0 Å². The summed E-state index contributed by atoms with van der Waals surface area (Å²) in [6.07, 6.45) is 0. The third-order valence-corrected chi connectivity index (χ3v) is 10.0. The summed E-state index contributed by atoms with van der Waals surface area (Å²) >= 11 is 1.64. The van der Waals surface area contributed by atoms with Crippen LogP contribution in [0.3, 0.4) is 0 Å². The minimum atomic E-state index is -0.617. The van der Waals surface area contributed by atoms with Gasteiger partial charge in [0.05, 0.1) is 5.69 Å². The average molecular weight is 600 g/mol. The number of amidine groups is 1. The summed E-state index contributed by atoms with van der Waals surface area (Å²) in [5, 5.41) is 3.69. The molecule has 3 aromatic rings. The second kappa shape index (κ2) is 13.9. The summed E-state index contributed by atoms with van der Waals surface area (Å²) in [6, 6.07) is 20.4. The van der Waals surface area contributed by atoms with Gasteiger partial charge >= 0.3 is 0 Å². The molecule has 1 N–H and O–H groups in total. The van der Waals surface area contributed by atoms with Gasteiger partial charge in [0, 0.05) is 68.8 Å². The van der Waals surface area contributed by atoms with Gasteiger partial charge in [-0.1, -0.05) is 30.0 Å². The maximum absolute atomic E-state index is 12.5. The molecule has 7 heteroatoms. The highest BCUT2D eigenvalue weighted by Gasteiger charge is 2.45. The Labute approximate surface area is 263 Å². The van der Waals surface area contributed by atoms with Crippen LogP contribution in [0.2, 0.25) is 0 Å². The Morgan fingerprint density at radius 2 is 1.07 bits per heavy atom. The van der Waals surface area contributed by atoms with Crippen LogP contribution in [-0.4, -0.2) is 50.3 Å². The summed E-state index contributed by atoms with van der Waals surface area (Å²) < 4.78 is -0.617. The van der Waals surface area contributed by atoms with Gasteiger partial charge in [-0.3, -0.25) is 4.79 Å². The molecule has 4 rings (SSSR count). The van der Waals surface area contributed by atoms with Crippen LogP contribution >= 0.6 is 11.8 Å². The van der Waals surface area contributed by atoms with E-state index in [9.17, 15) is 4.79 Å². The van der Waals surface area contributed by atoms with Crippen molar-refractivity contribution in [2.24, 2.45) is 4.99 Å². The molecular formula is C36H49N5OS. The molecule has 230 valence electrons. The first kappa shape index (κ1) is 32.5. The molecule has 1 amide bonds. The molecule has 0 aromatic heterocycles. The molecule has 1 heterocycles. The van der Waals surface area contributed by atoms with Crippen molar-refractivity contribution >= 4 is 45.6 Å². The Morgan fingerprint density at radius 3 is 1.44 bits per heavy atom. The first-order valence-electron chi connectivity index (χ1n) is 15.8. The Morgan fingerprint density at radius 1 is 0.674 bits per heavy atom. The lowest BCUT2D eigenvalue weighted by Crippen LogP contribution is -2.37. The van der Waals surface area contributed by atoms with Crippen LogP contribution in [0, 0.1) is 13.8 Å². The molecule has 43 heavy (non-hydrogen) atoms. The molecule has 0 aliphatic carbocycles. The van der Waals surface area contributed by atoms with E-state index in [0.29, 0.717) is 5.17 Å². The number of hydrogen-bond donors (Lipinski definition) is 1. The number of carbonyl (C=O) groups is 1. The van der Waals surface area contributed by atoms with E-state index in [1.165, 1.54) is 33.6 Å². The Hall–Kier alpha value is -3.45. The highest BCUT2D eigenvalue weighted by atomic mass is 32.2. The third-order valence-electron chi connectivity index (χ3n) is 8.68. The zero-order valence-corrected chi connectivity index (χ0v) is 28.4. The molecule has 0 radical (unpaired) electrons. The molecule has 1 aliphatic heterocycles. The maximum atomic E-state index is 12.5. The zero-order chi connectivity index (χ0) is 31.3. The fourth-order valence-electron chi connectivity index (χ4n) is 6.43. The van der Waals surface area contributed by atoms with Crippen LogP contribution in [-0.2, 0) is 9.54 Å². The van der Waals surface area contributed by atoms with Gasteiger partial charge in [0.1, 0.15) is 4.75 Å². The SMILES string of the molecule is CCN(CC)c1ccc(C2(c3ccc(N(CC)CC)cc3C)SC(NC(C)=O)=Nc3cc(N(CC)CC)ccc32)c(C)c1. The van der Waals surface area contributed by atoms with Crippen molar-refractivity contribution in [3.05, 3.63) is 82.4 Å². The van der Waals surface area contributed by atoms with Crippen LogP contribution in [0.1, 0.15) is 76.3 Å². The molecule has 0 saturated carbocycles. The number of nitrogens with one attached hydrogen (secondary N) is 1. The Kier molecular flexibility index (Phi) is 10.5. The highest BCUT2D eigenvalue weighted by molar-refractivity contribution is 8.15. The summed E-state index contributed by atoms with van der Waals surface area (Å²) in [5.41, 5.74) is 10.5. The lowest BCUT2D eigenvalue weighted by Gasteiger charge is -2.41. The summed E-state index contributed by atoms with van der Waals surface area (Å²) in [5.74, 6) is -0.120. The van der Waals surface area contributed by atoms with Gasteiger partial charge < -0.3 is 20.0 Å². The predicted molar refractivity (Wildman–Crippen MR) is 188 cm³/mol. The van der Waals surface area contributed by atoms with Crippen molar-refractivity contribution in [1.82, 2.24) is 5.32 Å². The van der Waals surface area contributed by atoms with Gasteiger partial charge in [0.25, 0.3) is 0 Å². The van der Waals surface area contributed by atoms with Crippen LogP contribution in [0.15, 0.2) is 59.6 Å². The first-order valence-corrected chi connectivity index (χ1v) is 16.7. The van der Waals surface area contributed by atoms with Crippen LogP contribution in [0.5, 0.6) is 0 Å². The van der Waals surface area contributed by atoms with Gasteiger partial charge in [-0.05, 0) is 114 Å². The number of aryl methyl sites for hydroxylation is 2. The smallest absolute Gasteiger partial charge is 0.222 e. The number of nitrogens with zero attached hydrogens (tertiary/aromatic N) is 4. The van der Waals surface area contributed by atoms with Gasteiger partial charge in [0.2, 0.25) is 5.91 Å². The second-order valence-corrected chi connectivity index (χ2v) is 12.3. The molecule has 0 bridgehead atoms. The number of fused-ring (bicyclic) bond motifs is 1. The van der Waals surface area contributed by atoms with E-state index < -0.39 is 4.75 Å². The first-order chi connectivity index (χ1) is 20.7. The van der Waals surface area contributed by atoms with E-state index in [2.05, 4.69) is 130 Å². The third kappa shape index (κ3) is 6.28. The summed E-state index contributed by atoms with van der Waals surface area (Å²) in [4.78, 5) is 24.6. The number of aliphatic imine (C=N–C) groups is 1. The van der Waals surface area contributed by atoms with Gasteiger partial charge in [-0.25, -0.2) is 4.99 Å². The predicted octanol–water partition coefficient (Wildman–Crippen LogP) is 8.00. The minimum Gasteiger partial charge on any atom is -0.372 e. The lowest BCUT2D eigenvalue weighted by molar-refractivity contribution is -0.117. The fourth-order valence-corrected chi connectivity index (χ4v) is 8.02. The number of anilines is 3. The zero-order valence-electron chi connectivity index (χ0n) is 27.5. The van der Waals surface area contributed by atoms with Crippen LogP contribution in [0.25, 0.3) is 0 Å². The largest absolute Gasteiger partial charge is 0.372 e. The number of amides is 1. The topological polar surface area (TPSA) is 51.2 Å². The lowest BCUT2D eigenvalue weighted by atomic mass is 9.79. The maximum Gasteiger partial charge on any atom is 0.222 e. The van der Waals surface area contributed by atoms with E-state index >= 15 is 0 Å². The summed E-state index contributed by atoms with van der Waals surface area (Å²) in [6.45, 7) is 24.8. The minimum absolute atomic E-state index is 0.120. The molecular weight excluding hydrogens is 550 g/mol. The van der Waals surface area contributed by atoms with Crippen molar-refractivity contribution in [1.29, 1.82) is 0 Å². The van der Waals surface area contributed by atoms with E-state index in [0.717, 1.165) is 56.2 Å². The number of hydrogen-bond acceptors (Lipinski definition) is 6. The standard InChI is InChI=1S/C36H49N5OS/c1-10-39(11-2)28-16-19-31(25(7)22-28)36(32-20-17-29(23-26(32)8)40(12-3)13-4)33-21-18-30(41(14-5)15-6)24-34(33)38-35(43-36)37-27(9)42/h16-24H,10-15H2,1-9H3,(H,37,38,42). The Bertz CT molecular complexity index is 1410. The molecule has 1 aliphatic rings. The quantitative estimate of drug-likeness (QED) is 0.242. The van der Waals surface area contributed by atoms with Crippen molar-refractivity contribution in [3.8, 4) is 0 Å². The second-order valence-electron chi connectivity index (χ2n) is 11.1. The normalized spacial score (nSPS) is 13.7. The van der Waals surface area contributed by atoms with E-state index in [1.807, 2.05) is 0 Å². The molecule has 0 saturated heterocycles. The molecule has 6 nitrogen and oxygen atoms in total. The Balaban J connectivity index is 2.07. The summed E-state index contributed by atoms with van der Waals surface area (Å²) in [7, 11) is 0. The highest BCUT2D eigenvalue weighted by Crippen LogP contribution is 2.57. The molecule has 3 aromatic carbocycles. The van der Waals surface area contributed by atoms with E-state index in [-0.39, 0.29) is 5.91 Å². The number of rotatable bonds is 11. The molecule has 0 fully saturated rings. The van der Waals surface area contributed by atoms with E-state index in [4.69, 9.17) is 4.99 Å². The van der Waals surface area contributed by atoms with Gasteiger partial charge in [-0.2, -0.15) is 0 Å². The monoisotopic (exact) mass is 599 g/mol.